The fourth-order valence-corrected chi connectivity index (χ4v) is 1.38. The Labute approximate surface area is 81.3 Å². The molecule has 2 heteroatoms. The van der Waals surface area contributed by atoms with Gasteiger partial charge in [0.25, 0.3) is 0 Å². The smallest absolute Gasteiger partial charge is 0.0679 e. The summed E-state index contributed by atoms with van der Waals surface area (Å²) < 4.78 is 0. The fourth-order valence-electron chi connectivity index (χ4n) is 1.38. The SMILES string of the molecule is C=C(CCCO)CC(O)(CC)CC. The zero-order chi connectivity index (χ0) is 10.3. The van der Waals surface area contributed by atoms with E-state index in [9.17, 15) is 5.11 Å². The minimum Gasteiger partial charge on any atom is -0.396 e. The Morgan fingerprint density at radius 2 is 1.85 bits per heavy atom. The van der Waals surface area contributed by atoms with Crippen LogP contribution in [0.4, 0.5) is 0 Å². The monoisotopic (exact) mass is 186 g/mol. The molecule has 0 aliphatic carbocycles. The van der Waals surface area contributed by atoms with E-state index in [2.05, 4.69) is 6.58 Å². The van der Waals surface area contributed by atoms with Gasteiger partial charge >= 0.3 is 0 Å². The first-order valence-electron chi connectivity index (χ1n) is 5.08. The first-order valence-corrected chi connectivity index (χ1v) is 5.08. The summed E-state index contributed by atoms with van der Waals surface area (Å²) in [6.45, 7) is 8.08. The second-order valence-corrected chi connectivity index (χ2v) is 3.69. The molecule has 0 atom stereocenters. The highest BCUT2D eigenvalue weighted by molar-refractivity contribution is 5.00. The average Bonchev–Trinajstić information content (AvgIpc) is 2.14. The van der Waals surface area contributed by atoms with Gasteiger partial charge in [0.2, 0.25) is 0 Å². The van der Waals surface area contributed by atoms with Gasteiger partial charge in [-0.2, -0.15) is 0 Å². The van der Waals surface area contributed by atoms with Crippen molar-refractivity contribution in [1.29, 1.82) is 0 Å². The maximum Gasteiger partial charge on any atom is 0.0679 e. The first kappa shape index (κ1) is 12.7. The van der Waals surface area contributed by atoms with Gasteiger partial charge in [0.15, 0.2) is 0 Å². The van der Waals surface area contributed by atoms with Crippen LogP contribution in [-0.4, -0.2) is 22.4 Å². The highest BCUT2D eigenvalue weighted by atomic mass is 16.3. The van der Waals surface area contributed by atoms with Gasteiger partial charge in [-0.1, -0.05) is 26.0 Å². The maximum atomic E-state index is 9.98. The Kier molecular flexibility index (Phi) is 6.00. The van der Waals surface area contributed by atoms with E-state index in [0.717, 1.165) is 31.3 Å². The molecule has 0 heterocycles. The number of rotatable bonds is 7. The van der Waals surface area contributed by atoms with Crippen LogP contribution in [0.25, 0.3) is 0 Å². The molecule has 0 aliphatic heterocycles. The van der Waals surface area contributed by atoms with Gasteiger partial charge in [-0.15, -0.1) is 0 Å². The van der Waals surface area contributed by atoms with Crippen LogP contribution in [0.15, 0.2) is 12.2 Å². The third-order valence-electron chi connectivity index (χ3n) is 2.58. The van der Waals surface area contributed by atoms with E-state index in [1.807, 2.05) is 13.8 Å². The highest BCUT2D eigenvalue weighted by Crippen LogP contribution is 2.24. The highest BCUT2D eigenvalue weighted by Gasteiger charge is 2.22. The van der Waals surface area contributed by atoms with E-state index in [1.165, 1.54) is 0 Å². The minimum absolute atomic E-state index is 0.204. The predicted octanol–water partition coefficient (Wildman–Crippen LogP) is 2.26. The molecule has 0 aromatic rings. The number of aliphatic hydroxyl groups is 2. The zero-order valence-electron chi connectivity index (χ0n) is 8.84. The van der Waals surface area contributed by atoms with Crippen molar-refractivity contribution in [2.24, 2.45) is 0 Å². The topological polar surface area (TPSA) is 40.5 Å². The summed E-state index contributed by atoms with van der Waals surface area (Å²) in [6, 6.07) is 0. The molecular weight excluding hydrogens is 164 g/mol. The van der Waals surface area contributed by atoms with Crippen molar-refractivity contribution in [3.8, 4) is 0 Å². The van der Waals surface area contributed by atoms with Gasteiger partial charge in [0, 0.05) is 6.61 Å². The molecule has 0 aromatic carbocycles. The molecule has 0 aromatic heterocycles. The van der Waals surface area contributed by atoms with Crippen molar-refractivity contribution in [1.82, 2.24) is 0 Å². The van der Waals surface area contributed by atoms with Crippen LogP contribution in [0, 0.1) is 0 Å². The standard InChI is InChI=1S/C11H22O2/c1-4-11(13,5-2)9-10(3)7-6-8-12/h12-13H,3-9H2,1-2H3. The molecule has 0 fully saturated rings. The van der Waals surface area contributed by atoms with Crippen molar-refractivity contribution in [2.75, 3.05) is 6.61 Å². The van der Waals surface area contributed by atoms with E-state index < -0.39 is 5.60 Å². The van der Waals surface area contributed by atoms with Crippen LogP contribution >= 0.6 is 0 Å². The fraction of sp³-hybridized carbons (Fsp3) is 0.818. The van der Waals surface area contributed by atoms with Crippen LogP contribution in [0.1, 0.15) is 46.0 Å². The molecule has 0 aliphatic rings. The average molecular weight is 186 g/mol. The largest absolute Gasteiger partial charge is 0.396 e. The molecule has 0 saturated carbocycles. The van der Waals surface area contributed by atoms with Crippen LogP contribution in [0.5, 0.6) is 0 Å². The van der Waals surface area contributed by atoms with Crippen LogP contribution in [0.2, 0.25) is 0 Å². The first-order chi connectivity index (χ1) is 6.08. The molecule has 0 unspecified atom stereocenters. The van der Waals surface area contributed by atoms with Gasteiger partial charge in [0.1, 0.15) is 0 Å². The minimum atomic E-state index is -0.577. The summed E-state index contributed by atoms with van der Waals surface area (Å²) in [7, 11) is 0. The van der Waals surface area contributed by atoms with Gasteiger partial charge < -0.3 is 10.2 Å². The van der Waals surface area contributed by atoms with E-state index >= 15 is 0 Å². The summed E-state index contributed by atoms with van der Waals surface area (Å²) in [5, 5.41) is 18.6. The quantitative estimate of drug-likeness (QED) is 0.599. The second kappa shape index (κ2) is 6.17. The van der Waals surface area contributed by atoms with Gasteiger partial charge in [-0.25, -0.2) is 0 Å². The summed E-state index contributed by atoms with van der Waals surface area (Å²) in [5.41, 5.74) is 0.465. The van der Waals surface area contributed by atoms with E-state index in [-0.39, 0.29) is 6.61 Å². The van der Waals surface area contributed by atoms with Gasteiger partial charge in [-0.3, -0.25) is 0 Å². The van der Waals surface area contributed by atoms with Crippen LogP contribution in [0.3, 0.4) is 0 Å². The molecule has 2 nitrogen and oxygen atoms in total. The van der Waals surface area contributed by atoms with Crippen molar-refractivity contribution in [2.45, 2.75) is 51.6 Å². The predicted molar refractivity (Wildman–Crippen MR) is 55.6 cm³/mol. The lowest BCUT2D eigenvalue weighted by Crippen LogP contribution is -2.26. The Morgan fingerprint density at radius 3 is 2.23 bits per heavy atom. The second-order valence-electron chi connectivity index (χ2n) is 3.69. The molecule has 2 N–H and O–H groups in total. The van der Waals surface area contributed by atoms with Gasteiger partial charge in [0.05, 0.1) is 5.60 Å². The van der Waals surface area contributed by atoms with E-state index in [4.69, 9.17) is 5.11 Å². The van der Waals surface area contributed by atoms with E-state index in [1.54, 1.807) is 0 Å². The Balaban J connectivity index is 3.87. The molecule has 0 spiro atoms. The third kappa shape index (κ3) is 5.06. The summed E-state index contributed by atoms with van der Waals surface area (Å²) in [5.74, 6) is 0. The normalized spacial score (nSPS) is 11.7. The van der Waals surface area contributed by atoms with E-state index in [0.29, 0.717) is 6.42 Å². The lowest BCUT2D eigenvalue weighted by atomic mass is 9.88. The molecule has 13 heavy (non-hydrogen) atoms. The Bertz CT molecular complexity index is 148. The van der Waals surface area contributed by atoms with Gasteiger partial charge in [-0.05, 0) is 32.1 Å². The maximum absolute atomic E-state index is 9.98. The molecule has 0 amide bonds. The Hall–Kier alpha value is -0.340. The molecular formula is C11H22O2. The molecule has 0 radical (unpaired) electrons. The zero-order valence-corrected chi connectivity index (χ0v) is 8.84. The molecule has 0 rings (SSSR count). The molecule has 78 valence electrons. The van der Waals surface area contributed by atoms with Crippen molar-refractivity contribution < 1.29 is 10.2 Å². The summed E-state index contributed by atoms with van der Waals surface area (Å²) in [6.07, 6.45) is 3.77. The number of hydrogen-bond donors (Lipinski definition) is 2. The molecule has 0 saturated heterocycles. The van der Waals surface area contributed by atoms with Crippen molar-refractivity contribution in [3.05, 3.63) is 12.2 Å². The lowest BCUT2D eigenvalue weighted by Gasteiger charge is -2.26. The van der Waals surface area contributed by atoms with Crippen molar-refractivity contribution >= 4 is 0 Å². The summed E-state index contributed by atoms with van der Waals surface area (Å²) >= 11 is 0. The summed E-state index contributed by atoms with van der Waals surface area (Å²) in [4.78, 5) is 0. The van der Waals surface area contributed by atoms with Crippen LogP contribution < -0.4 is 0 Å². The number of hydrogen-bond acceptors (Lipinski definition) is 2. The third-order valence-corrected chi connectivity index (χ3v) is 2.58. The lowest BCUT2D eigenvalue weighted by molar-refractivity contribution is 0.0319. The van der Waals surface area contributed by atoms with Crippen LogP contribution in [-0.2, 0) is 0 Å². The number of aliphatic hydroxyl groups excluding tert-OH is 1. The molecule has 0 bridgehead atoms. The van der Waals surface area contributed by atoms with Crippen molar-refractivity contribution in [3.63, 3.8) is 0 Å². The Morgan fingerprint density at radius 1 is 1.31 bits per heavy atom.